The van der Waals surface area contributed by atoms with Crippen LogP contribution >= 0.6 is 0 Å². The van der Waals surface area contributed by atoms with Gasteiger partial charge in [0.2, 0.25) is 0 Å². The van der Waals surface area contributed by atoms with Crippen LogP contribution < -0.4 is 9.64 Å². The van der Waals surface area contributed by atoms with Crippen molar-refractivity contribution in [3.05, 3.63) is 23.1 Å². The van der Waals surface area contributed by atoms with E-state index >= 15 is 0 Å². The van der Waals surface area contributed by atoms with E-state index in [4.69, 9.17) is 9.47 Å². The fourth-order valence-corrected chi connectivity index (χ4v) is 1.34. The second-order valence-electron chi connectivity index (χ2n) is 3.36. The van der Waals surface area contributed by atoms with Crippen molar-refractivity contribution in [2.45, 2.75) is 0 Å². The molecule has 0 unspecified atom stereocenters. The second-order valence-corrected chi connectivity index (χ2v) is 3.36. The van der Waals surface area contributed by atoms with E-state index in [2.05, 4.69) is 5.18 Å². The Hall–Kier alpha value is -1.62. The van der Waals surface area contributed by atoms with Gasteiger partial charge in [0.25, 0.3) is 0 Å². The Morgan fingerprint density at radius 1 is 1.38 bits per heavy atom. The molecule has 0 aliphatic rings. The number of nitrogens with zero attached hydrogens (tertiary/aromatic N) is 2. The summed E-state index contributed by atoms with van der Waals surface area (Å²) >= 11 is 0. The Morgan fingerprint density at radius 2 is 2.12 bits per heavy atom. The third-order valence-corrected chi connectivity index (χ3v) is 2.33. The zero-order valence-corrected chi connectivity index (χ0v) is 9.77. The highest BCUT2D eigenvalue weighted by Crippen LogP contribution is 2.31. The molecule has 0 aliphatic carbocycles. The highest BCUT2D eigenvalue weighted by Gasteiger charge is 2.07. The van der Waals surface area contributed by atoms with Gasteiger partial charge in [-0.15, -0.1) is 4.91 Å². The third kappa shape index (κ3) is 2.93. The second kappa shape index (κ2) is 6.07. The first-order chi connectivity index (χ1) is 7.72. The summed E-state index contributed by atoms with van der Waals surface area (Å²) in [5.74, 6) is 0.483. The smallest absolute Gasteiger partial charge is 0.150 e. The molecule has 5 nitrogen and oxygen atoms in total. The number of rotatable bonds is 6. The molecule has 1 aromatic rings. The molecule has 0 fully saturated rings. The molecule has 1 rings (SSSR count). The van der Waals surface area contributed by atoms with Crippen molar-refractivity contribution in [3.8, 4) is 5.75 Å². The summed E-state index contributed by atoms with van der Waals surface area (Å²) < 4.78 is 10.1. The lowest BCUT2D eigenvalue weighted by atomic mass is 10.2. The van der Waals surface area contributed by atoms with E-state index in [0.29, 0.717) is 18.0 Å². The molecule has 88 valence electrons. The maximum Gasteiger partial charge on any atom is 0.150 e. The fourth-order valence-electron chi connectivity index (χ4n) is 1.34. The summed E-state index contributed by atoms with van der Waals surface area (Å²) in [4.78, 5) is 12.5. The highest BCUT2D eigenvalue weighted by atomic mass is 16.5. The van der Waals surface area contributed by atoms with Gasteiger partial charge in [-0.2, -0.15) is 0 Å². The van der Waals surface area contributed by atoms with Crippen LogP contribution in [0.3, 0.4) is 0 Å². The molecule has 0 saturated carbocycles. The molecule has 16 heavy (non-hydrogen) atoms. The van der Waals surface area contributed by atoms with Crippen LogP contribution in [0.25, 0.3) is 0 Å². The molecule has 0 N–H and O–H groups in total. The molecule has 0 saturated heterocycles. The van der Waals surface area contributed by atoms with E-state index in [1.165, 1.54) is 7.11 Å². The molecule has 0 heterocycles. The number of ether oxygens (including phenoxy) is 2. The first-order valence-electron chi connectivity index (χ1n) is 4.94. The third-order valence-electron chi connectivity index (χ3n) is 2.33. The molecule has 0 amide bonds. The maximum atomic E-state index is 10.5. The number of hydrogen-bond acceptors (Lipinski definition) is 5. The molecule has 0 bridgehead atoms. The molecular formula is C11H16N2O3. The lowest BCUT2D eigenvalue weighted by Crippen LogP contribution is -2.21. The van der Waals surface area contributed by atoms with Gasteiger partial charge in [0.1, 0.15) is 11.4 Å². The monoisotopic (exact) mass is 224 g/mol. The van der Waals surface area contributed by atoms with Gasteiger partial charge in [0.05, 0.1) is 13.7 Å². The van der Waals surface area contributed by atoms with Crippen molar-refractivity contribution in [3.63, 3.8) is 0 Å². The van der Waals surface area contributed by atoms with E-state index in [1.54, 1.807) is 19.2 Å². The van der Waals surface area contributed by atoms with Crippen LogP contribution in [0.1, 0.15) is 0 Å². The number of hydrogen-bond donors (Lipinski definition) is 0. The molecule has 0 spiro atoms. The van der Waals surface area contributed by atoms with Crippen LogP contribution in [0.4, 0.5) is 11.4 Å². The molecule has 0 radical (unpaired) electrons. The summed E-state index contributed by atoms with van der Waals surface area (Å²) in [6.45, 7) is 1.42. The fraction of sp³-hybridized carbons (Fsp3) is 0.455. The number of methoxy groups -OCH3 is 2. The van der Waals surface area contributed by atoms with Crippen molar-refractivity contribution < 1.29 is 9.47 Å². The maximum absolute atomic E-state index is 10.5. The van der Waals surface area contributed by atoms with Gasteiger partial charge < -0.3 is 14.4 Å². The zero-order chi connectivity index (χ0) is 12.0. The molecule has 5 heteroatoms. The Labute approximate surface area is 94.9 Å². The Morgan fingerprint density at radius 3 is 2.69 bits per heavy atom. The van der Waals surface area contributed by atoms with Crippen LogP contribution in [0.15, 0.2) is 23.4 Å². The first-order valence-corrected chi connectivity index (χ1v) is 4.94. The molecular weight excluding hydrogens is 208 g/mol. The molecule has 0 atom stereocenters. The lowest BCUT2D eigenvalue weighted by Gasteiger charge is -2.19. The van der Waals surface area contributed by atoms with Crippen molar-refractivity contribution in [2.24, 2.45) is 5.18 Å². The summed E-state index contributed by atoms with van der Waals surface area (Å²) in [5.41, 5.74) is 1.27. The average Bonchev–Trinajstić information content (AvgIpc) is 2.34. The number of likely N-dealkylation sites (N-methyl/N-ethyl adjacent to an activating group) is 1. The minimum absolute atomic E-state index is 0.311. The lowest BCUT2D eigenvalue weighted by molar-refractivity contribution is 0.206. The van der Waals surface area contributed by atoms with E-state index in [-0.39, 0.29) is 0 Å². The Kier molecular flexibility index (Phi) is 4.72. The SMILES string of the molecule is COCCN(C)c1ccc(N=O)c(OC)c1. The van der Waals surface area contributed by atoms with Crippen LogP contribution in [-0.4, -0.2) is 34.4 Å². The summed E-state index contributed by atoms with van der Waals surface area (Å²) in [5, 5.41) is 2.89. The number of nitroso groups, excluding NO2 is 1. The van der Waals surface area contributed by atoms with E-state index in [0.717, 1.165) is 12.2 Å². The van der Waals surface area contributed by atoms with Gasteiger partial charge in [-0.1, -0.05) is 0 Å². The van der Waals surface area contributed by atoms with E-state index in [1.807, 2.05) is 18.0 Å². The molecule has 0 aliphatic heterocycles. The van der Waals surface area contributed by atoms with Gasteiger partial charge in [-0.05, 0) is 17.3 Å². The van der Waals surface area contributed by atoms with Crippen molar-refractivity contribution in [2.75, 3.05) is 39.3 Å². The number of benzene rings is 1. The minimum Gasteiger partial charge on any atom is -0.494 e. The summed E-state index contributed by atoms with van der Waals surface area (Å²) in [6, 6.07) is 5.26. The van der Waals surface area contributed by atoms with Gasteiger partial charge in [-0.25, -0.2) is 0 Å². The summed E-state index contributed by atoms with van der Waals surface area (Å²) in [7, 11) is 5.12. The predicted octanol–water partition coefficient (Wildman–Crippen LogP) is 2.18. The first kappa shape index (κ1) is 12.4. The van der Waals surface area contributed by atoms with Gasteiger partial charge in [0.15, 0.2) is 0 Å². The van der Waals surface area contributed by atoms with E-state index < -0.39 is 0 Å². The largest absolute Gasteiger partial charge is 0.494 e. The van der Waals surface area contributed by atoms with Crippen LogP contribution in [0.5, 0.6) is 5.75 Å². The van der Waals surface area contributed by atoms with Gasteiger partial charge in [-0.3, -0.25) is 0 Å². The Bertz CT molecular complexity index is 355. The zero-order valence-electron chi connectivity index (χ0n) is 9.77. The minimum atomic E-state index is 0.311. The molecule has 0 aromatic heterocycles. The highest BCUT2D eigenvalue weighted by molar-refractivity contribution is 5.61. The average molecular weight is 224 g/mol. The van der Waals surface area contributed by atoms with Gasteiger partial charge >= 0.3 is 0 Å². The molecule has 1 aromatic carbocycles. The number of anilines is 1. The topological polar surface area (TPSA) is 51.1 Å². The van der Waals surface area contributed by atoms with Gasteiger partial charge in [0, 0.05) is 32.5 Å². The summed E-state index contributed by atoms with van der Waals surface area (Å²) in [6.07, 6.45) is 0. The Balaban J connectivity index is 2.85. The predicted molar refractivity (Wildman–Crippen MR) is 63.6 cm³/mol. The van der Waals surface area contributed by atoms with Crippen molar-refractivity contribution >= 4 is 11.4 Å². The van der Waals surface area contributed by atoms with Crippen LogP contribution in [0.2, 0.25) is 0 Å². The standard InChI is InChI=1S/C11H16N2O3/c1-13(6-7-15-2)9-4-5-10(12-14)11(8-9)16-3/h4-5,8H,6-7H2,1-3H3. The van der Waals surface area contributed by atoms with Crippen LogP contribution in [-0.2, 0) is 4.74 Å². The van der Waals surface area contributed by atoms with Crippen LogP contribution in [0, 0.1) is 4.91 Å². The normalized spacial score (nSPS) is 9.94. The van der Waals surface area contributed by atoms with E-state index in [9.17, 15) is 4.91 Å². The quantitative estimate of drug-likeness (QED) is 0.695. The van der Waals surface area contributed by atoms with Crippen molar-refractivity contribution in [1.82, 2.24) is 0 Å². The van der Waals surface area contributed by atoms with Crippen molar-refractivity contribution in [1.29, 1.82) is 0 Å².